The van der Waals surface area contributed by atoms with Crippen molar-refractivity contribution in [1.29, 1.82) is 0 Å². The van der Waals surface area contributed by atoms with Gasteiger partial charge in [-0.15, -0.1) is 0 Å². The first-order valence-electron chi connectivity index (χ1n) is 4.54. The van der Waals surface area contributed by atoms with Gasteiger partial charge in [0.25, 0.3) is 9.84 Å². The first-order valence-corrected chi connectivity index (χ1v) is 6.02. The average Bonchev–Trinajstić information content (AvgIpc) is 2.48. The van der Waals surface area contributed by atoms with Gasteiger partial charge in [-0.3, -0.25) is 0 Å². The number of nitrogens with zero attached hydrogens (tertiary/aromatic N) is 1. The van der Waals surface area contributed by atoms with Crippen LogP contribution in [0.25, 0.3) is 0 Å². The van der Waals surface area contributed by atoms with Crippen LogP contribution in [0.15, 0.2) is 40.5 Å². The molecule has 84 valence electrons. The molecule has 0 radical (unpaired) electrons. The third kappa shape index (κ3) is 1.67. The summed E-state index contributed by atoms with van der Waals surface area (Å²) in [5.74, 6) is 0.452. The van der Waals surface area contributed by atoms with Gasteiger partial charge in [-0.25, -0.2) is 13.4 Å². The van der Waals surface area contributed by atoms with Crippen LogP contribution >= 0.6 is 0 Å². The molecule has 0 unspecified atom stereocenters. The molecule has 0 bridgehead atoms. The van der Waals surface area contributed by atoms with E-state index in [4.69, 9.17) is 10.5 Å². The molecule has 0 spiro atoms. The number of aryl methyl sites for hydroxylation is 1. The number of hydrogen-bond acceptors (Lipinski definition) is 5. The van der Waals surface area contributed by atoms with Crippen molar-refractivity contribution in [3.63, 3.8) is 0 Å². The third-order valence-corrected chi connectivity index (χ3v) is 3.50. The highest BCUT2D eigenvalue weighted by Gasteiger charge is 2.30. The first-order chi connectivity index (χ1) is 7.51. The van der Waals surface area contributed by atoms with E-state index in [1.807, 2.05) is 19.1 Å². The summed E-state index contributed by atoms with van der Waals surface area (Å²) in [5, 5.41) is -0.671. The lowest BCUT2D eigenvalue weighted by atomic mass is 10.2. The first kappa shape index (κ1) is 10.7. The summed E-state index contributed by atoms with van der Waals surface area (Å²) in [4.78, 5) is 3.63. The van der Waals surface area contributed by atoms with Crippen molar-refractivity contribution in [3.05, 3.63) is 41.1 Å². The predicted molar refractivity (Wildman–Crippen MR) is 60.4 cm³/mol. The van der Waals surface area contributed by atoms with Crippen LogP contribution in [-0.2, 0) is 9.84 Å². The van der Waals surface area contributed by atoms with Crippen LogP contribution in [0.1, 0.15) is 5.56 Å². The van der Waals surface area contributed by atoms with Gasteiger partial charge in [-0.2, -0.15) is 0 Å². The van der Waals surface area contributed by atoms with Gasteiger partial charge in [-0.05, 0) is 18.6 Å². The molecule has 0 saturated heterocycles. The maximum Gasteiger partial charge on any atom is 0.321 e. The summed E-state index contributed by atoms with van der Waals surface area (Å²) in [5.41, 5.74) is 6.10. The molecule has 0 aromatic heterocycles. The minimum absolute atomic E-state index is 0.295. The quantitative estimate of drug-likeness (QED) is 0.788. The number of ether oxygens (including phenoxy) is 1. The highest BCUT2D eigenvalue weighted by atomic mass is 32.2. The van der Waals surface area contributed by atoms with Crippen LogP contribution in [0.4, 0.5) is 0 Å². The zero-order chi connectivity index (χ0) is 11.8. The molecular weight excluding hydrogens is 228 g/mol. The number of benzene rings is 1. The molecule has 1 aromatic rings. The van der Waals surface area contributed by atoms with Crippen LogP contribution in [-0.4, -0.2) is 13.6 Å². The summed E-state index contributed by atoms with van der Waals surface area (Å²) in [6.07, 6.45) is 1.07. The molecule has 6 heteroatoms. The smallest absolute Gasteiger partial charge is 0.321 e. The lowest BCUT2D eigenvalue weighted by Gasteiger charge is -2.07. The topological polar surface area (TPSA) is 81.8 Å². The Hall–Kier alpha value is -1.82. The molecule has 1 aliphatic rings. The number of rotatable bonds is 1. The standard InChI is InChI=1S/C10H10N2O3S/c1-7-4-2-3-5-8(7)15-10-12-6-9(11)16(10,13)14/h2-6H,11H2,1H3. The Morgan fingerprint density at radius 2 is 2.00 bits per heavy atom. The SMILES string of the molecule is Cc1ccccc1OC1=NC=C(N)S1(=O)=O. The van der Waals surface area contributed by atoms with E-state index in [0.717, 1.165) is 11.8 Å². The monoisotopic (exact) mass is 238 g/mol. The third-order valence-electron chi connectivity index (χ3n) is 2.13. The van der Waals surface area contributed by atoms with E-state index in [-0.39, 0.29) is 10.3 Å². The summed E-state index contributed by atoms with van der Waals surface area (Å²) < 4.78 is 28.3. The van der Waals surface area contributed by atoms with Crippen molar-refractivity contribution in [2.24, 2.45) is 10.7 Å². The van der Waals surface area contributed by atoms with Gasteiger partial charge in [0.05, 0.1) is 6.20 Å². The maximum absolute atomic E-state index is 11.6. The van der Waals surface area contributed by atoms with Crippen LogP contribution in [0.5, 0.6) is 5.75 Å². The summed E-state index contributed by atoms with van der Waals surface area (Å²) >= 11 is 0. The van der Waals surface area contributed by atoms with Gasteiger partial charge >= 0.3 is 5.23 Å². The fourth-order valence-corrected chi connectivity index (χ4v) is 1.99. The van der Waals surface area contributed by atoms with Crippen molar-refractivity contribution in [2.45, 2.75) is 6.92 Å². The Morgan fingerprint density at radius 3 is 2.56 bits per heavy atom. The number of para-hydroxylation sites is 1. The Morgan fingerprint density at radius 1 is 1.31 bits per heavy atom. The fraction of sp³-hybridized carbons (Fsp3) is 0.100. The van der Waals surface area contributed by atoms with Gasteiger partial charge in [0.2, 0.25) is 0 Å². The zero-order valence-electron chi connectivity index (χ0n) is 8.54. The molecular formula is C10H10N2O3S. The highest BCUT2D eigenvalue weighted by Crippen LogP contribution is 2.21. The van der Waals surface area contributed by atoms with E-state index in [2.05, 4.69) is 4.99 Å². The molecule has 16 heavy (non-hydrogen) atoms. The molecule has 5 nitrogen and oxygen atoms in total. The van der Waals surface area contributed by atoms with E-state index < -0.39 is 9.84 Å². The van der Waals surface area contributed by atoms with Crippen LogP contribution in [0, 0.1) is 6.92 Å². The second-order valence-electron chi connectivity index (χ2n) is 3.30. The molecule has 1 aliphatic heterocycles. The number of aliphatic imine (C=N–C) groups is 1. The van der Waals surface area contributed by atoms with E-state index >= 15 is 0 Å². The highest BCUT2D eigenvalue weighted by molar-refractivity contribution is 8.09. The van der Waals surface area contributed by atoms with Crippen molar-refractivity contribution < 1.29 is 13.2 Å². The lowest BCUT2D eigenvalue weighted by Crippen LogP contribution is -2.22. The minimum atomic E-state index is -3.71. The second kappa shape index (κ2) is 3.64. The summed E-state index contributed by atoms with van der Waals surface area (Å²) in [6, 6.07) is 7.07. The van der Waals surface area contributed by atoms with Gasteiger partial charge in [0.15, 0.2) is 5.03 Å². The Bertz CT molecular complexity index is 588. The van der Waals surface area contributed by atoms with Gasteiger partial charge in [-0.1, -0.05) is 18.2 Å². The normalized spacial score (nSPS) is 17.8. The van der Waals surface area contributed by atoms with Crippen LogP contribution in [0.2, 0.25) is 0 Å². The summed E-state index contributed by atoms with van der Waals surface area (Å²) in [7, 11) is -3.71. The Labute approximate surface area is 93.2 Å². The molecule has 0 fully saturated rings. The second-order valence-corrected chi connectivity index (χ2v) is 5.12. The van der Waals surface area contributed by atoms with Gasteiger partial charge in [0.1, 0.15) is 5.75 Å². The molecule has 0 saturated carbocycles. The van der Waals surface area contributed by atoms with Gasteiger partial charge in [0, 0.05) is 0 Å². The number of nitrogens with two attached hydrogens (primary N) is 1. The van der Waals surface area contributed by atoms with Crippen LogP contribution < -0.4 is 10.5 Å². The van der Waals surface area contributed by atoms with Crippen molar-refractivity contribution in [2.75, 3.05) is 0 Å². The van der Waals surface area contributed by atoms with E-state index in [1.165, 1.54) is 0 Å². The predicted octanol–water partition coefficient (Wildman–Crippen LogP) is 0.916. The van der Waals surface area contributed by atoms with Crippen LogP contribution in [0.3, 0.4) is 0 Å². The molecule has 0 amide bonds. The molecule has 1 aromatic carbocycles. The molecule has 2 rings (SSSR count). The van der Waals surface area contributed by atoms with Gasteiger partial charge < -0.3 is 10.5 Å². The number of sulfone groups is 1. The molecule has 2 N–H and O–H groups in total. The largest absolute Gasteiger partial charge is 0.430 e. The Balaban J connectivity index is 2.30. The average molecular weight is 238 g/mol. The lowest BCUT2D eigenvalue weighted by molar-refractivity contribution is 0.546. The number of hydrogen-bond donors (Lipinski definition) is 1. The summed E-state index contributed by atoms with van der Waals surface area (Å²) in [6.45, 7) is 1.81. The molecule has 0 aliphatic carbocycles. The van der Waals surface area contributed by atoms with E-state index in [9.17, 15) is 8.42 Å². The molecule has 1 heterocycles. The van der Waals surface area contributed by atoms with E-state index in [1.54, 1.807) is 12.1 Å². The van der Waals surface area contributed by atoms with Crippen molar-refractivity contribution >= 4 is 15.1 Å². The zero-order valence-corrected chi connectivity index (χ0v) is 9.36. The minimum Gasteiger partial charge on any atom is -0.430 e. The molecule has 0 atom stereocenters. The fourth-order valence-electron chi connectivity index (χ4n) is 1.20. The van der Waals surface area contributed by atoms with Crippen molar-refractivity contribution in [1.82, 2.24) is 0 Å². The van der Waals surface area contributed by atoms with Crippen molar-refractivity contribution in [3.8, 4) is 5.75 Å². The maximum atomic E-state index is 11.6. The van der Waals surface area contributed by atoms with E-state index in [0.29, 0.717) is 5.75 Å². The Kier molecular flexibility index (Phi) is 2.43.